The van der Waals surface area contributed by atoms with Crippen molar-refractivity contribution in [2.24, 2.45) is 0 Å². The molecule has 1 atom stereocenters. The lowest BCUT2D eigenvalue weighted by molar-refractivity contribution is 0.0846. The molecule has 2 aromatic carbocycles. The highest BCUT2D eigenvalue weighted by Gasteiger charge is 2.10. The third-order valence-electron chi connectivity index (χ3n) is 3.28. The fourth-order valence-corrected chi connectivity index (χ4v) is 2.81. The minimum Gasteiger partial charge on any atom is -0.494 e. The number of carbonyl (C=O) groups is 2. The van der Waals surface area contributed by atoms with Gasteiger partial charge >= 0.3 is 0 Å². The maximum absolute atomic E-state index is 12.1. The lowest BCUT2D eigenvalue weighted by atomic mass is 10.1. The van der Waals surface area contributed by atoms with E-state index in [1.165, 1.54) is 0 Å². The molecule has 2 rings (SSSR count). The first-order chi connectivity index (χ1) is 12.0. The molecule has 2 amide bonds. The fourth-order valence-electron chi connectivity index (χ4n) is 2.16. The molecule has 2 aromatic rings. The van der Waals surface area contributed by atoms with Gasteiger partial charge in [0.15, 0.2) is 0 Å². The SMILES string of the molecule is CCOc1ccc(C(=O)NNC(=O)c2cccc(CS(C)=O)c2)cc1. The fraction of sp³-hybridized carbons (Fsp3) is 0.222. The summed E-state index contributed by atoms with van der Waals surface area (Å²) in [7, 11) is -0.989. The van der Waals surface area contributed by atoms with Gasteiger partial charge in [0.2, 0.25) is 0 Å². The highest BCUT2D eigenvalue weighted by Crippen LogP contribution is 2.12. The van der Waals surface area contributed by atoms with Gasteiger partial charge in [-0.1, -0.05) is 12.1 Å². The van der Waals surface area contributed by atoms with Crippen LogP contribution in [0.25, 0.3) is 0 Å². The van der Waals surface area contributed by atoms with Crippen LogP contribution < -0.4 is 15.6 Å². The summed E-state index contributed by atoms with van der Waals surface area (Å²) in [4.78, 5) is 24.2. The molecule has 0 saturated carbocycles. The van der Waals surface area contributed by atoms with Gasteiger partial charge in [0.1, 0.15) is 5.75 Å². The highest BCUT2D eigenvalue weighted by molar-refractivity contribution is 7.83. The maximum atomic E-state index is 12.1. The molecule has 1 unspecified atom stereocenters. The van der Waals surface area contributed by atoms with Gasteiger partial charge < -0.3 is 4.74 Å². The average molecular weight is 360 g/mol. The lowest BCUT2D eigenvalue weighted by Gasteiger charge is -2.09. The molecule has 2 N–H and O–H groups in total. The van der Waals surface area contributed by atoms with Crippen molar-refractivity contribution >= 4 is 22.6 Å². The maximum Gasteiger partial charge on any atom is 0.269 e. The van der Waals surface area contributed by atoms with Gasteiger partial charge in [-0.3, -0.25) is 24.6 Å². The molecular weight excluding hydrogens is 340 g/mol. The van der Waals surface area contributed by atoms with Crippen molar-refractivity contribution in [1.82, 2.24) is 10.9 Å². The van der Waals surface area contributed by atoms with Crippen LogP contribution in [0.3, 0.4) is 0 Å². The summed E-state index contributed by atoms with van der Waals surface area (Å²) in [5.41, 5.74) is 6.33. The summed E-state index contributed by atoms with van der Waals surface area (Å²) >= 11 is 0. The smallest absolute Gasteiger partial charge is 0.269 e. The zero-order valence-electron chi connectivity index (χ0n) is 14.1. The first kappa shape index (κ1) is 18.7. The van der Waals surface area contributed by atoms with Gasteiger partial charge in [-0.2, -0.15) is 0 Å². The topological polar surface area (TPSA) is 84.5 Å². The van der Waals surface area contributed by atoms with Gasteiger partial charge in [-0.25, -0.2) is 0 Å². The van der Waals surface area contributed by atoms with Crippen LogP contribution in [0.2, 0.25) is 0 Å². The van der Waals surface area contributed by atoms with E-state index in [9.17, 15) is 13.8 Å². The number of rotatable bonds is 6. The second-order valence-electron chi connectivity index (χ2n) is 5.28. The normalized spacial score (nSPS) is 11.4. The summed E-state index contributed by atoms with van der Waals surface area (Å²) in [5, 5.41) is 0. The molecule has 6 nitrogen and oxygen atoms in total. The number of hydrazine groups is 1. The van der Waals surface area contributed by atoms with Gasteiger partial charge in [0, 0.05) is 33.9 Å². The number of ether oxygens (including phenoxy) is 1. The van der Waals surface area contributed by atoms with Crippen molar-refractivity contribution in [2.45, 2.75) is 12.7 Å². The van der Waals surface area contributed by atoms with Gasteiger partial charge in [-0.05, 0) is 48.9 Å². The molecule has 0 fully saturated rings. The predicted octanol–water partition coefficient (Wildman–Crippen LogP) is 2.04. The van der Waals surface area contributed by atoms with Crippen LogP contribution >= 0.6 is 0 Å². The first-order valence-corrected chi connectivity index (χ1v) is 9.45. The number of nitrogens with one attached hydrogen (secondary N) is 2. The van der Waals surface area contributed by atoms with E-state index in [2.05, 4.69) is 10.9 Å². The molecule has 0 saturated heterocycles. The molecule has 0 bridgehead atoms. The highest BCUT2D eigenvalue weighted by atomic mass is 32.2. The average Bonchev–Trinajstić information content (AvgIpc) is 2.60. The quantitative estimate of drug-likeness (QED) is 0.772. The Morgan fingerprint density at radius 2 is 1.64 bits per heavy atom. The van der Waals surface area contributed by atoms with Crippen molar-refractivity contribution in [3.8, 4) is 5.75 Å². The molecule has 0 spiro atoms. The van der Waals surface area contributed by atoms with Crippen molar-refractivity contribution in [3.63, 3.8) is 0 Å². The number of benzene rings is 2. The molecular formula is C18H20N2O4S. The summed E-state index contributed by atoms with van der Waals surface area (Å²) < 4.78 is 16.6. The van der Waals surface area contributed by atoms with Crippen LogP contribution in [0.1, 0.15) is 33.2 Å². The Morgan fingerprint density at radius 1 is 1.00 bits per heavy atom. The Hall–Kier alpha value is -2.67. The molecule has 132 valence electrons. The molecule has 7 heteroatoms. The van der Waals surface area contributed by atoms with Crippen LogP contribution in [0.5, 0.6) is 5.75 Å². The Labute approximate surface area is 149 Å². The zero-order valence-corrected chi connectivity index (χ0v) is 14.9. The molecule has 0 aliphatic carbocycles. The lowest BCUT2D eigenvalue weighted by Crippen LogP contribution is -2.41. The van der Waals surface area contributed by atoms with Gasteiger partial charge in [0.25, 0.3) is 11.8 Å². The summed E-state index contributed by atoms with van der Waals surface area (Å²) in [5.74, 6) is 0.179. The Balaban J connectivity index is 1.94. The Bertz CT molecular complexity index is 775. The largest absolute Gasteiger partial charge is 0.494 e. The van der Waals surface area contributed by atoms with Crippen LogP contribution in [0.15, 0.2) is 48.5 Å². The third kappa shape index (κ3) is 5.72. The summed E-state index contributed by atoms with van der Waals surface area (Å²) in [6.07, 6.45) is 1.60. The summed E-state index contributed by atoms with van der Waals surface area (Å²) in [6.45, 7) is 2.43. The molecule has 0 radical (unpaired) electrons. The van der Waals surface area contributed by atoms with Crippen molar-refractivity contribution in [2.75, 3.05) is 12.9 Å². The monoisotopic (exact) mass is 360 g/mol. The molecule has 0 heterocycles. The first-order valence-electron chi connectivity index (χ1n) is 7.72. The van der Waals surface area contributed by atoms with E-state index in [0.29, 0.717) is 29.2 Å². The van der Waals surface area contributed by atoms with E-state index in [0.717, 1.165) is 5.56 Å². The molecule has 25 heavy (non-hydrogen) atoms. The van der Waals surface area contributed by atoms with E-state index in [1.807, 2.05) is 6.92 Å². The van der Waals surface area contributed by atoms with Crippen molar-refractivity contribution < 1.29 is 18.5 Å². The van der Waals surface area contributed by atoms with E-state index in [1.54, 1.807) is 54.8 Å². The predicted molar refractivity (Wildman–Crippen MR) is 96.8 cm³/mol. The Kier molecular flexibility index (Phi) is 6.71. The van der Waals surface area contributed by atoms with E-state index >= 15 is 0 Å². The minimum atomic E-state index is -0.989. The Morgan fingerprint density at radius 3 is 2.24 bits per heavy atom. The standard InChI is InChI=1S/C18H20N2O4S/c1-3-24-16-9-7-14(8-10-16)17(21)19-20-18(22)15-6-4-5-13(11-15)12-25(2)23/h4-11H,3,12H2,1-2H3,(H,19,21)(H,20,22). The van der Waals surface area contributed by atoms with Crippen LogP contribution in [0.4, 0.5) is 0 Å². The van der Waals surface area contributed by atoms with Crippen LogP contribution in [0, 0.1) is 0 Å². The second-order valence-corrected chi connectivity index (χ2v) is 6.72. The number of carbonyl (C=O) groups excluding carboxylic acids is 2. The van der Waals surface area contributed by atoms with Crippen LogP contribution in [-0.4, -0.2) is 28.9 Å². The number of amides is 2. The van der Waals surface area contributed by atoms with E-state index < -0.39 is 22.6 Å². The number of hydrogen-bond donors (Lipinski definition) is 2. The van der Waals surface area contributed by atoms with Crippen molar-refractivity contribution in [3.05, 3.63) is 65.2 Å². The van der Waals surface area contributed by atoms with Gasteiger partial charge in [-0.15, -0.1) is 0 Å². The molecule has 0 aromatic heterocycles. The minimum absolute atomic E-state index is 0.375. The zero-order chi connectivity index (χ0) is 18.2. The summed E-state index contributed by atoms with van der Waals surface area (Å²) in [6, 6.07) is 13.4. The van der Waals surface area contributed by atoms with Crippen LogP contribution in [-0.2, 0) is 16.6 Å². The molecule has 0 aliphatic heterocycles. The van der Waals surface area contributed by atoms with E-state index in [4.69, 9.17) is 4.74 Å². The van der Waals surface area contributed by atoms with Gasteiger partial charge in [0.05, 0.1) is 6.61 Å². The third-order valence-corrected chi connectivity index (χ3v) is 4.02. The second kappa shape index (κ2) is 8.98. The van der Waals surface area contributed by atoms with E-state index in [-0.39, 0.29) is 0 Å². The van der Waals surface area contributed by atoms with Crippen molar-refractivity contribution in [1.29, 1.82) is 0 Å². The molecule has 0 aliphatic rings. The number of hydrogen-bond acceptors (Lipinski definition) is 4.